The molecule has 84 valence electrons. The van der Waals surface area contributed by atoms with Gasteiger partial charge in [-0.1, -0.05) is 17.3 Å². The molecule has 3 aromatic rings. The van der Waals surface area contributed by atoms with Gasteiger partial charge in [0.25, 0.3) is 0 Å². The number of fused-ring (bicyclic) bond motifs is 1. The van der Waals surface area contributed by atoms with Gasteiger partial charge in [-0.15, -0.1) is 5.10 Å². The average molecular weight is 230 g/mol. The lowest BCUT2D eigenvalue weighted by Crippen LogP contribution is -2.06. The van der Waals surface area contributed by atoms with Crippen molar-refractivity contribution >= 4 is 17.0 Å². The predicted octanol–water partition coefficient (Wildman–Crippen LogP) is 0.932. The SMILES string of the molecule is Nc1ncc(F)c(-n2nnc3ccccc32)n1. The molecule has 0 spiro atoms. The second-order valence-electron chi connectivity index (χ2n) is 3.39. The fourth-order valence-electron chi connectivity index (χ4n) is 1.55. The molecule has 2 N–H and O–H groups in total. The second kappa shape index (κ2) is 3.48. The first kappa shape index (κ1) is 9.64. The van der Waals surface area contributed by atoms with E-state index in [9.17, 15) is 4.39 Å². The summed E-state index contributed by atoms with van der Waals surface area (Å²) in [5, 5.41) is 7.76. The van der Waals surface area contributed by atoms with Gasteiger partial charge in [0.15, 0.2) is 11.6 Å². The van der Waals surface area contributed by atoms with Crippen LogP contribution in [0.15, 0.2) is 30.5 Å². The molecule has 6 nitrogen and oxygen atoms in total. The fourth-order valence-corrected chi connectivity index (χ4v) is 1.55. The molecule has 0 aliphatic rings. The molecule has 0 saturated heterocycles. The van der Waals surface area contributed by atoms with Gasteiger partial charge in [0.05, 0.1) is 11.7 Å². The number of nitrogens with two attached hydrogens (primary N) is 1. The van der Waals surface area contributed by atoms with Crippen molar-refractivity contribution in [3.05, 3.63) is 36.3 Å². The Bertz CT molecular complexity index is 692. The van der Waals surface area contributed by atoms with Crippen LogP contribution in [0, 0.1) is 5.82 Å². The highest BCUT2D eigenvalue weighted by atomic mass is 19.1. The first-order valence-electron chi connectivity index (χ1n) is 4.84. The van der Waals surface area contributed by atoms with Crippen LogP contribution in [0.3, 0.4) is 0 Å². The zero-order valence-corrected chi connectivity index (χ0v) is 8.58. The Morgan fingerprint density at radius 1 is 1.24 bits per heavy atom. The molecule has 0 unspecified atom stereocenters. The number of hydrogen-bond acceptors (Lipinski definition) is 5. The van der Waals surface area contributed by atoms with E-state index >= 15 is 0 Å². The first-order chi connectivity index (χ1) is 8.25. The number of aromatic nitrogens is 5. The van der Waals surface area contributed by atoms with Crippen LogP contribution in [-0.2, 0) is 0 Å². The van der Waals surface area contributed by atoms with E-state index in [1.54, 1.807) is 12.1 Å². The summed E-state index contributed by atoms with van der Waals surface area (Å²) in [6.45, 7) is 0. The minimum Gasteiger partial charge on any atom is -0.368 e. The van der Waals surface area contributed by atoms with Gasteiger partial charge in [0.1, 0.15) is 5.52 Å². The van der Waals surface area contributed by atoms with Crippen LogP contribution >= 0.6 is 0 Å². The van der Waals surface area contributed by atoms with E-state index in [-0.39, 0.29) is 11.8 Å². The summed E-state index contributed by atoms with van der Waals surface area (Å²) >= 11 is 0. The van der Waals surface area contributed by atoms with Gasteiger partial charge >= 0.3 is 0 Å². The summed E-state index contributed by atoms with van der Waals surface area (Å²) in [4.78, 5) is 7.38. The van der Waals surface area contributed by atoms with Crippen molar-refractivity contribution in [2.45, 2.75) is 0 Å². The summed E-state index contributed by atoms with van der Waals surface area (Å²) < 4.78 is 14.9. The van der Waals surface area contributed by atoms with E-state index in [1.165, 1.54) is 4.68 Å². The molecule has 7 heteroatoms. The van der Waals surface area contributed by atoms with Gasteiger partial charge in [-0.25, -0.2) is 9.37 Å². The van der Waals surface area contributed by atoms with Gasteiger partial charge in [0.2, 0.25) is 5.95 Å². The van der Waals surface area contributed by atoms with Crippen molar-refractivity contribution in [1.29, 1.82) is 0 Å². The van der Waals surface area contributed by atoms with Crippen molar-refractivity contribution in [3.8, 4) is 5.82 Å². The number of rotatable bonds is 1. The maximum atomic E-state index is 13.6. The van der Waals surface area contributed by atoms with E-state index in [4.69, 9.17) is 5.73 Å². The number of anilines is 1. The Morgan fingerprint density at radius 2 is 2.06 bits per heavy atom. The molecule has 2 aromatic heterocycles. The average Bonchev–Trinajstić information content (AvgIpc) is 2.76. The van der Waals surface area contributed by atoms with Crippen LogP contribution in [0.5, 0.6) is 0 Å². The molecular weight excluding hydrogens is 223 g/mol. The quantitative estimate of drug-likeness (QED) is 0.672. The monoisotopic (exact) mass is 230 g/mol. The van der Waals surface area contributed by atoms with Crippen molar-refractivity contribution in [1.82, 2.24) is 25.0 Å². The lowest BCUT2D eigenvalue weighted by atomic mass is 10.3. The Labute approximate surface area is 94.9 Å². The topological polar surface area (TPSA) is 82.5 Å². The molecular formula is C10H7FN6. The number of benzene rings is 1. The zero-order valence-electron chi connectivity index (χ0n) is 8.58. The minimum atomic E-state index is -0.602. The van der Waals surface area contributed by atoms with E-state index in [0.29, 0.717) is 11.0 Å². The molecule has 2 heterocycles. The van der Waals surface area contributed by atoms with Gasteiger partial charge in [-0.3, -0.25) is 0 Å². The van der Waals surface area contributed by atoms with Crippen LogP contribution in [-0.4, -0.2) is 25.0 Å². The normalized spacial score (nSPS) is 10.9. The summed E-state index contributed by atoms with van der Waals surface area (Å²) in [7, 11) is 0. The standard InChI is InChI=1S/C10H7FN6/c11-6-5-13-10(12)14-9(6)17-8-4-2-1-3-7(8)15-16-17/h1-5H,(H2,12,13,14). The van der Waals surface area contributed by atoms with E-state index in [0.717, 1.165) is 6.20 Å². The van der Waals surface area contributed by atoms with Gasteiger partial charge in [-0.2, -0.15) is 9.67 Å². The smallest absolute Gasteiger partial charge is 0.222 e. The van der Waals surface area contributed by atoms with Crippen molar-refractivity contribution in [2.24, 2.45) is 0 Å². The molecule has 17 heavy (non-hydrogen) atoms. The molecule has 0 amide bonds. The Kier molecular flexibility index (Phi) is 1.97. The number of nitrogens with zero attached hydrogens (tertiary/aromatic N) is 5. The Hall–Kier alpha value is -2.57. The van der Waals surface area contributed by atoms with Crippen LogP contribution in [0.2, 0.25) is 0 Å². The van der Waals surface area contributed by atoms with Gasteiger partial charge in [-0.05, 0) is 12.1 Å². The highest BCUT2D eigenvalue weighted by molar-refractivity contribution is 5.75. The Morgan fingerprint density at radius 3 is 2.94 bits per heavy atom. The van der Waals surface area contributed by atoms with Crippen LogP contribution in [0.4, 0.5) is 10.3 Å². The van der Waals surface area contributed by atoms with Crippen molar-refractivity contribution in [2.75, 3.05) is 5.73 Å². The fraction of sp³-hybridized carbons (Fsp3) is 0. The maximum Gasteiger partial charge on any atom is 0.222 e. The minimum absolute atomic E-state index is 0.00815. The zero-order chi connectivity index (χ0) is 11.8. The van der Waals surface area contributed by atoms with Crippen LogP contribution < -0.4 is 5.73 Å². The third-order valence-corrected chi connectivity index (χ3v) is 2.30. The molecule has 1 aromatic carbocycles. The highest BCUT2D eigenvalue weighted by Crippen LogP contribution is 2.16. The van der Waals surface area contributed by atoms with E-state index < -0.39 is 5.82 Å². The summed E-state index contributed by atoms with van der Waals surface area (Å²) in [5.41, 5.74) is 6.74. The predicted molar refractivity (Wildman–Crippen MR) is 58.8 cm³/mol. The third kappa shape index (κ3) is 1.48. The maximum absolute atomic E-state index is 13.6. The highest BCUT2D eigenvalue weighted by Gasteiger charge is 2.12. The number of nitrogen functional groups attached to an aromatic ring is 1. The van der Waals surface area contributed by atoms with Crippen LogP contribution in [0.25, 0.3) is 16.9 Å². The van der Waals surface area contributed by atoms with Crippen LogP contribution in [0.1, 0.15) is 0 Å². The summed E-state index contributed by atoms with van der Waals surface area (Å²) in [6, 6.07) is 7.19. The molecule has 0 radical (unpaired) electrons. The first-order valence-corrected chi connectivity index (χ1v) is 4.84. The summed E-state index contributed by atoms with van der Waals surface area (Å²) in [5.74, 6) is -0.623. The lowest BCUT2D eigenvalue weighted by molar-refractivity contribution is 0.593. The van der Waals surface area contributed by atoms with E-state index in [1.807, 2.05) is 12.1 Å². The molecule has 0 fully saturated rings. The van der Waals surface area contributed by atoms with E-state index in [2.05, 4.69) is 20.3 Å². The summed E-state index contributed by atoms with van der Waals surface area (Å²) in [6.07, 6.45) is 1.01. The van der Waals surface area contributed by atoms with Gasteiger partial charge < -0.3 is 5.73 Å². The van der Waals surface area contributed by atoms with Crippen molar-refractivity contribution in [3.63, 3.8) is 0 Å². The number of halogens is 1. The molecule has 0 atom stereocenters. The molecule has 3 rings (SSSR count). The third-order valence-electron chi connectivity index (χ3n) is 2.30. The Balaban J connectivity index is 2.31. The molecule has 0 aliphatic heterocycles. The molecule has 0 bridgehead atoms. The molecule has 0 aliphatic carbocycles. The number of hydrogen-bond donors (Lipinski definition) is 1. The lowest BCUT2D eigenvalue weighted by Gasteiger charge is -2.02. The molecule has 0 saturated carbocycles. The second-order valence-corrected chi connectivity index (χ2v) is 3.39. The number of para-hydroxylation sites is 1. The largest absolute Gasteiger partial charge is 0.368 e. The van der Waals surface area contributed by atoms with Gasteiger partial charge in [0, 0.05) is 0 Å². The van der Waals surface area contributed by atoms with Crippen molar-refractivity contribution < 1.29 is 4.39 Å².